The first-order valence-corrected chi connectivity index (χ1v) is 9.75. The molecule has 1 heterocycles. The van der Waals surface area contributed by atoms with E-state index in [0.29, 0.717) is 17.0 Å². The molecule has 25 heavy (non-hydrogen) atoms. The number of benzene rings is 1. The number of amides is 1. The lowest BCUT2D eigenvalue weighted by atomic mass is 9.89. The maximum atomic E-state index is 12.0. The minimum absolute atomic E-state index is 0.122. The van der Waals surface area contributed by atoms with Crippen LogP contribution in [0.2, 0.25) is 0 Å². The number of aromatic carboxylic acids is 1. The number of unbranched alkanes of at least 4 members (excludes halogenated alkanes) is 1. The van der Waals surface area contributed by atoms with Crippen molar-refractivity contribution in [3.8, 4) is 11.1 Å². The minimum Gasteiger partial charge on any atom is -0.478 e. The molecule has 1 aliphatic rings. The molecule has 2 N–H and O–H groups in total. The van der Waals surface area contributed by atoms with E-state index in [9.17, 15) is 14.7 Å². The third kappa shape index (κ3) is 3.93. The molecule has 1 aliphatic carbocycles. The van der Waals surface area contributed by atoms with Crippen molar-refractivity contribution in [3.05, 3.63) is 40.3 Å². The summed E-state index contributed by atoms with van der Waals surface area (Å²) in [6.07, 6.45) is 6.72. The predicted molar refractivity (Wildman–Crippen MR) is 102 cm³/mol. The average molecular weight is 357 g/mol. The quantitative estimate of drug-likeness (QED) is 0.754. The van der Waals surface area contributed by atoms with Gasteiger partial charge in [0.15, 0.2) is 0 Å². The number of carbonyl (C=O) groups is 2. The van der Waals surface area contributed by atoms with Crippen molar-refractivity contribution >= 4 is 28.2 Å². The third-order valence-corrected chi connectivity index (χ3v) is 5.57. The van der Waals surface area contributed by atoms with Crippen molar-refractivity contribution in [1.82, 2.24) is 0 Å². The molecule has 0 fully saturated rings. The van der Waals surface area contributed by atoms with Crippen molar-refractivity contribution in [3.63, 3.8) is 0 Å². The summed E-state index contributed by atoms with van der Waals surface area (Å²) in [5.41, 5.74) is 4.50. The van der Waals surface area contributed by atoms with E-state index in [0.717, 1.165) is 31.2 Å². The van der Waals surface area contributed by atoms with Crippen molar-refractivity contribution in [2.75, 3.05) is 5.32 Å². The zero-order chi connectivity index (χ0) is 17.8. The van der Waals surface area contributed by atoms with Crippen LogP contribution in [0.15, 0.2) is 23.6 Å². The summed E-state index contributed by atoms with van der Waals surface area (Å²) < 4.78 is 0. The molecular formula is C20H23NO3S. The third-order valence-electron chi connectivity index (χ3n) is 4.67. The molecule has 0 radical (unpaired) electrons. The van der Waals surface area contributed by atoms with Gasteiger partial charge in [0, 0.05) is 17.4 Å². The van der Waals surface area contributed by atoms with Gasteiger partial charge in [0.2, 0.25) is 5.91 Å². The Labute approximate surface area is 151 Å². The molecular weight excluding hydrogens is 334 g/mol. The normalized spacial score (nSPS) is 13.3. The Bertz CT molecular complexity index is 794. The standard InChI is InChI=1S/C20H23NO3S/c1-2-3-8-17(22)21-19-18(20(23)24)16(12-25-19)15-10-9-13-6-4-5-7-14(13)11-15/h9-12H,2-8H2,1H3,(H,21,22)(H,23,24). The maximum Gasteiger partial charge on any atom is 0.339 e. The van der Waals surface area contributed by atoms with Crippen LogP contribution < -0.4 is 5.32 Å². The number of carboxylic acids is 1. The summed E-state index contributed by atoms with van der Waals surface area (Å²) in [5.74, 6) is -1.12. The van der Waals surface area contributed by atoms with Gasteiger partial charge in [-0.05, 0) is 48.8 Å². The van der Waals surface area contributed by atoms with Gasteiger partial charge in [0.25, 0.3) is 0 Å². The minimum atomic E-state index is -1.00. The van der Waals surface area contributed by atoms with Gasteiger partial charge in [-0.1, -0.05) is 31.5 Å². The lowest BCUT2D eigenvalue weighted by Gasteiger charge is -2.16. The van der Waals surface area contributed by atoms with Crippen LogP contribution >= 0.6 is 11.3 Å². The zero-order valence-corrected chi connectivity index (χ0v) is 15.2. The molecule has 0 aliphatic heterocycles. The van der Waals surface area contributed by atoms with Gasteiger partial charge in [0.1, 0.15) is 10.6 Å². The monoisotopic (exact) mass is 357 g/mol. The van der Waals surface area contributed by atoms with Crippen LogP contribution in [0.1, 0.15) is 60.5 Å². The largest absolute Gasteiger partial charge is 0.478 e. The lowest BCUT2D eigenvalue weighted by molar-refractivity contribution is -0.116. The number of rotatable bonds is 6. The summed E-state index contributed by atoms with van der Waals surface area (Å²) in [4.78, 5) is 23.8. The summed E-state index contributed by atoms with van der Waals surface area (Å²) in [5, 5.41) is 14.7. The van der Waals surface area contributed by atoms with E-state index < -0.39 is 5.97 Å². The van der Waals surface area contributed by atoms with Crippen molar-refractivity contribution < 1.29 is 14.7 Å². The smallest absolute Gasteiger partial charge is 0.339 e. The number of anilines is 1. The topological polar surface area (TPSA) is 66.4 Å². The molecule has 0 spiro atoms. The van der Waals surface area contributed by atoms with Gasteiger partial charge in [0.05, 0.1) is 0 Å². The maximum absolute atomic E-state index is 12.0. The van der Waals surface area contributed by atoms with Crippen LogP contribution in [0, 0.1) is 0 Å². The summed E-state index contributed by atoms with van der Waals surface area (Å²) >= 11 is 1.29. The van der Waals surface area contributed by atoms with Gasteiger partial charge in [-0.2, -0.15) is 0 Å². The van der Waals surface area contributed by atoms with Crippen LogP contribution in [0.5, 0.6) is 0 Å². The first kappa shape index (κ1) is 17.7. The lowest BCUT2D eigenvalue weighted by Crippen LogP contribution is -2.12. The molecule has 5 heteroatoms. The highest BCUT2D eigenvalue weighted by atomic mass is 32.1. The van der Waals surface area contributed by atoms with Crippen molar-refractivity contribution in [2.45, 2.75) is 51.9 Å². The van der Waals surface area contributed by atoms with E-state index in [1.165, 1.54) is 35.3 Å². The number of aryl methyl sites for hydroxylation is 2. The van der Waals surface area contributed by atoms with E-state index >= 15 is 0 Å². The molecule has 3 rings (SSSR count). The number of thiophene rings is 1. The molecule has 4 nitrogen and oxygen atoms in total. The molecule has 1 amide bonds. The second kappa shape index (κ2) is 7.83. The van der Waals surface area contributed by atoms with Crippen LogP contribution in [0.4, 0.5) is 5.00 Å². The summed E-state index contributed by atoms with van der Waals surface area (Å²) in [6, 6.07) is 6.24. The van der Waals surface area contributed by atoms with E-state index in [4.69, 9.17) is 0 Å². The molecule has 0 saturated heterocycles. The molecule has 0 bridgehead atoms. The highest BCUT2D eigenvalue weighted by molar-refractivity contribution is 7.15. The summed E-state index contributed by atoms with van der Waals surface area (Å²) in [6.45, 7) is 2.02. The number of hydrogen-bond donors (Lipinski definition) is 2. The molecule has 132 valence electrons. The number of carboxylic acid groups (broad SMARTS) is 1. The van der Waals surface area contributed by atoms with E-state index in [1.54, 1.807) is 0 Å². The fraction of sp³-hybridized carbons (Fsp3) is 0.400. The molecule has 2 aromatic rings. The van der Waals surface area contributed by atoms with E-state index in [-0.39, 0.29) is 11.5 Å². The first-order valence-electron chi connectivity index (χ1n) is 8.87. The molecule has 1 aromatic carbocycles. The first-order chi connectivity index (χ1) is 12.1. The van der Waals surface area contributed by atoms with Gasteiger partial charge < -0.3 is 10.4 Å². The SMILES string of the molecule is CCCCC(=O)Nc1scc(-c2ccc3c(c2)CCCC3)c1C(=O)O. The number of nitrogens with one attached hydrogen (secondary N) is 1. The Balaban J connectivity index is 1.92. The fourth-order valence-corrected chi connectivity index (χ4v) is 4.28. The van der Waals surface area contributed by atoms with E-state index in [1.807, 2.05) is 18.4 Å². The van der Waals surface area contributed by atoms with Gasteiger partial charge in [-0.25, -0.2) is 4.79 Å². The average Bonchev–Trinajstić information content (AvgIpc) is 3.03. The Morgan fingerprint density at radius 1 is 1.20 bits per heavy atom. The Kier molecular flexibility index (Phi) is 5.53. The van der Waals surface area contributed by atoms with Crippen LogP contribution in [0.25, 0.3) is 11.1 Å². The van der Waals surface area contributed by atoms with Crippen LogP contribution in [-0.2, 0) is 17.6 Å². The van der Waals surface area contributed by atoms with Gasteiger partial charge >= 0.3 is 5.97 Å². The van der Waals surface area contributed by atoms with Crippen molar-refractivity contribution in [1.29, 1.82) is 0 Å². The van der Waals surface area contributed by atoms with E-state index in [2.05, 4.69) is 17.4 Å². The van der Waals surface area contributed by atoms with Gasteiger partial charge in [-0.15, -0.1) is 11.3 Å². The van der Waals surface area contributed by atoms with Gasteiger partial charge in [-0.3, -0.25) is 4.79 Å². The highest BCUT2D eigenvalue weighted by Crippen LogP contribution is 2.37. The molecule has 0 atom stereocenters. The zero-order valence-electron chi connectivity index (χ0n) is 14.4. The number of carbonyl (C=O) groups excluding carboxylic acids is 1. The highest BCUT2D eigenvalue weighted by Gasteiger charge is 2.22. The molecule has 0 unspecified atom stereocenters. The molecule has 0 saturated carbocycles. The number of hydrogen-bond acceptors (Lipinski definition) is 3. The predicted octanol–water partition coefficient (Wildman–Crippen LogP) is 5.12. The second-order valence-electron chi connectivity index (χ2n) is 6.50. The molecule has 1 aromatic heterocycles. The second-order valence-corrected chi connectivity index (χ2v) is 7.38. The van der Waals surface area contributed by atoms with Crippen molar-refractivity contribution in [2.24, 2.45) is 0 Å². The fourth-order valence-electron chi connectivity index (χ4n) is 3.30. The van der Waals surface area contributed by atoms with Crippen LogP contribution in [0.3, 0.4) is 0 Å². The van der Waals surface area contributed by atoms with Crippen LogP contribution in [-0.4, -0.2) is 17.0 Å². The Hall–Kier alpha value is -2.14. The number of fused-ring (bicyclic) bond motifs is 1. The summed E-state index contributed by atoms with van der Waals surface area (Å²) in [7, 11) is 0. The Morgan fingerprint density at radius 3 is 2.68 bits per heavy atom. The Morgan fingerprint density at radius 2 is 1.96 bits per heavy atom.